The highest BCUT2D eigenvalue weighted by atomic mass is 16.6. The minimum Gasteiger partial charge on any atom is -0.478 e. The van der Waals surface area contributed by atoms with Crippen molar-refractivity contribution in [2.75, 3.05) is 0 Å². The van der Waals surface area contributed by atoms with Gasteiger partial charge >= 0.3 is 5.97 Å². The third kappa shape index (κ3) is 4.70. The van der Waals surface area contributed by atoms with Crippen molar-refractivity contribution in [1.82, 2.24) is 0 Å². The van der Waals surface area contributed by atoms with Gasteiger partial charge in [-0.2, -0.15) is 0 Å². The molecule has 1 atom stereocenters. The Bertz CT molecular complexity index is 1150. The summed E-state index contributed by atoms with van der Waals surface area (Å²) in [6.07, 6.45) is 5.63. The molecule has 1 heterocycles. The molecule has 0 aliphatic carbocycles. The third-order valence-corrected chi connectivity index (χ3v) is 5.48. The summed E-state index contributed by atoms with van der Waals surface area (Å²) in [4.78, 5) is 22.4. The van der Waals surface area contributed by atoms with Crippen LogP contribution in [0.1, 0.15) is 36.5 Å². The highest BCUT2D eigenvalue weighted by Gasteiger charge is 2.30. The number of carbonyl (C=O) groups excluding carboxylic acids is 1. The number of hydrogen-bond donors (Lipinski definition) is 0. The molecule has 0 fully saturated rings. The monoisotopic (exact) mass is 429 g/mol. The van der Waals surface area contributed by atoms with Gasteiger partial charge in [0.15, 0.2) is 0 Å². The van der Waals surface area contributed by atoms with Gasteiger partial charge in [-0.15, -0.1) is 0 Å². The fourth-order valence-corrected chi connectivity index (χ4v) is 3.72. The van der Waals surface area contributed by atoms with Crippen LogP contribution in [0.4, 0.5) is 5.69 Å². The van der Waals surface area contributed by atoms with Crippen LogP contribution in [-0.2, 0) is 16.8 Å². The molecule has 3 aromatic rings. The largest absolute Gasteiger partial charge is 0.478 e. The van der Waals surface area contributed by atoms with E-state index in [2.05, 4.69) is 12.2 Å². The Morgan fingerprint density at radius 3 is 2.50 bits per heavy atom. The third-order valence-electron chi connectivity index (χ3n) is 5.48. The van der Waals surface area contributed by atoms with E-state index >= 15 is 0 Å². The normalized spacial score (nSPS) is 16.7. The molecule has 0 saturated carbocycles. The Morgan fingerprint density at radius 1 is 1.03 bits per heavy atom. The van der Waals surface area contributed by atoms with Crippen molar-refractivity contribution >= 4 is 17.7 Å². The molecule has 32 heavy (non-hydrogen) atoms. The number of carbonyl (C=O) groups is 1. The molecule has 0 amide bonds. The number of aryl methyl sites for hydroxylation is 1. The summed E-state index contributed by atoms with van der Waals surface area (Å²) in [5.41, 5.74) is 2.53. The van der Waals surface area contributed by atoms with Gasteiger partial charge in [-0.3, -0.25) is 14.9 Å². The van der Waals surface area contributed by atoms with Crippen molar-refractivity contribution in [3.8, 4) is 11.5 Å². The lowest BCUT2D eigenvalue weighted by Crippen LogP contribution is -2.29. The van der Waals surface area contributed by atoms with Gasteiger partial charge < -0.3 is 9.47 Å². The Labute approximate surface area is 186 Å². The van der Waals surface area contributed by atoms with E-state index in [1.165, 1.54) is 24.3 Å². The van der Waals surface area contributed by atoms with Crippen LogP contribution in [0.5, 0.6) is 11.5 Å². The summed E-state index contributed by atoms with van der Waals surface area (Å²) in [5.74, 6) is 0.758. The fraction of sp³-hybridized carbons (Fsp3) is 0.192. The molecular weight excluding hydrogens is 406 g/mol. The van der Waals surface area contributed by atoms with Crippen LogP contribution >= 0.6 is 0 Å². The quantitative estimate of drug-likeness (QED) is 0.204. The molecule has 0 spiro atoms. The van der Waals surface area contributed by atoms with Crippen molar-refractivity contribution in [2.24, 2.45) is 0 Å². The predicted molar refractivity (Wildman–Crippen MR) is 122 cm³/mol. The zero-order valence-electron chi connectivity index (χ0n) is 17.7. The van der Waals surface area contributed by atoms with Crippen molar-refractivity contribution < 1.29 is 19.2 Å². The second kappa shape index (κ2) is 9.06. The van der Waals surface area contributed by atoms with Gasteiger partial charge in [0.2, 0.25) is 0 Å². The van der Waals surface area contributed by atoms with Gasteiger partial charge in [0, 0.05) is 24.1 Å². The lowest BCUT2D eigenvalue weighted by molar-refractivity contribution is -0.384. The topological polar surface area (TPSA) is 78.7 Å². The smallest absolute Gasteiger partial charge is 0.311 e. The molecule has 6 nitrogen and oxygen atoms in total. The standard InChI is InChI=1S/C26H23NO5/c1-26(21-10-3-2-4-11-21)18-17-20-8-5-7-19(25(20)32-26)9-6-12-24(28)31-23-15-13-22(14-16-23)27(29)30/h2-5,7-8,10-11,13-18H,6,9,12H2,1H3. The van der Waals surface area contributed by atoms with Gasteiger partial charge in [0.25, 0.3) is 5.69 Å². The summed E-state index contributed by atoms with van der Waals surface area (Å²) in [6.45, 7) is 2.04. The first-order chi connectivity index (χ1) is 15.4. The van der Waals surface area contributed by atoms with Crippen molar-refractivity contribution in [2.45, 2.75) is 31.8 Å². The van der Waals surface area contributed by atoms with Crippen LogP contribution in [0.3, 0.4) is 0 Å². The van der Waals surface area contributed by atoms with Gasteiger partial charge in [0.05, 0.1) is 4.92 Å². The first-order valence-corrected chi connectivity index (χ1v) is 10.5. The Balaban J connectivity index is 1.39. The van der Waals surface area contributed by atoms with Crippen molar-refractivity contribution in [1.29, 1.82) is 0 Å². The molecule has 0 bridgehead atoms. The average molecular weight is 429 g/mol. The van der Waals surface area contributed by atoms with E-state index in [0.717, 1.165) is 22.4 Å². The van der Waals surface area contributed by atoms with E-state index in [0.29, 0.717) is 18.6 Å². The SMILES string of the molecule is CC1(c2ccccc2)C=Cc2cccc(CCCC(=O)Oc3ccc([N+](=O)[O-])cc3)c2O1. The predicted octanol–water partition coefficient (Wildman–Crippen LogP) is 5.84. The molecule has 6 heteroatoms. The molecule has 0 N–H and O–H groups in total. The summed E-state index contributed by atoms with van der Waals surface area (Å²) < 4.78 is 11.7. The first kappa shape index (κ1) is 21.3. The van der Waals surface area contributed by atoms with E-state index in [9.17, 15) is 14.9 Å². The van der Waals surface area contributed by atoms with Gasteiger partial charge in [-0.1, -0.05) is 54.6 Å². The molecule has 3 aromatic carbocycles. The number of fused-ring (bicyclic) bond motifs is 1. The van der Waals surface area contributed by atoms with Gasteiger partial charge in [-0.05, 0) is 49.1 Å². The summed E-state index contributed by atoms with van der Waals surface area (Å²) in [7, 11) is 0. The Kier molecular flexibility index (Phi) is 6.03. The first-order valence-electron chi connectivity index (χ1n) is 10.5. The highest BCUT2D eigenvalue weighted by Crippen LogP contribution is 2.39. The highest BCUT2D eigenvalue weighted by molar-refractivity contribution is 5.72. The molecule has 162 valence electrons. The van der Waals surface area contributed by atoms with Crippen LogP contribution in [0.15, 0.2) is 78.9 Å². The zero-order valence-corrected chi connectivity index (χ0v) is 17.7. The van der Waals surface area contributed by atoms with Crippen molar-refractivity contribution in [3.63, 3.8) is 0 Å². The summed E-state index contributed by atoms with van der Waals surface area (Å²) in [5, 5.41) is 10.7. The number of para-hydroxylation sites is 1. The fourth-order valence-electron chi connectivity index (χ4n) is 3.72. The van der Waals surface area contributed by atoms with E-state index in [1.807, 2.05) is 55.5 Å². The lowest BCUT2D eigenvalue weighted by Gasteiger charge is -2.33. The number of benzene rings is 3. The van der Waals surface area contributed by atoms with Crippen LogP contribution in [0.25, 0.3) is 6.08 Å². The number of nitro benzene ring substituents is 1. The molecular formula is C26H23NO5. The van der Waals surface area contributed by atoms with Crippen LogP contribution in [0, 0.1) is 10.1 Å². The van der Waals surface area contributed by atoms with E-state index in [1.54, 1.807) is 0 Å². The number of hydrogen-bond acceptors (Lipinski definition) is 5. The maximum atomic E-state index is 12.2. The van der Waals surface area contributed by atoms with Gasteiger partial charge in [-0.25, -0.2) is 0 Å². The zero-order chi connectivity index (χ0) is 22.6. The van der Waals surface area contributed by atoms with E-state index in [4.69, 9.17) is 9.47 Å². The van der Waals surface area contributed by atoms with Crippen molar-refractivity contribution in [3.05, 3.63) is 106 Å². The lowest BCUT2D eigenvalue weighted by atomic mass is 9.91. The molecule has 1 unspecified atom stereocenters. The Morgan fingerprint density at radius 2 is 1.78 bits per heavy atom. The van der Waals surface area contributed by atoms with Crippen LogP contribution < -0.4 is 9.47 Å². The maximum Gasteiger partial charge on any atom is 0.311 e. The number of ether oxygens (including phenoxy) is 2. The number of nitro groups is 1. The second-order valence-electron chi connectivity index (χ2n) is 7.82. The number of esters is 1. The van der Waals surface area contributed by atoms with E-state index in [-0.39, 0.29) is 18.1 Å². The van der Waals surface area contributed by atoms with Crippen LogP contribution in [-0.4, -0.2) is 10.9 Å². The molecule has 1 aliphatic rings. The molecule has 0 saturated heterocycles. The van der Waals surface area contributed by atoms with Gasteiger partial charge in [0.1, 0.15) is 17.1 Å². The minimum absolute atomic E-state index is 0.0461. The second-order valence-corrected chi connectivity index (χ2v) is 7.82. The van der Waals surface area contributed by atoms with E-state index < -0.39 is 10.5 Å². The summed E-state index contributed by atoms with van der Waals surface area (Å²) >= 11 is 0. The Hall–Kier alpha value is -3.93. The number of non-ortho nitro benzene ring substituents is 1. The maximum absolute atomic E-state index is 12.2. The number of rotatable bonds is 7. The van der Waals surface area contributed by atoms with Crippen LogP contribution in [0.2, 0.25) is 0 Å². The minimum atomic E-state index is -0.556. The molecule has 0 radical (unpaired) electrons. The average Bonchev–Trinajstić information content (AvgIpc) is 2.80. The molecule has 0 aromatic heterocycles. The molecule has 1 aliphatic heterocycles. The number of nitrogens with zero attached hydrogens (tertiary/aromatic N) is 1. The summed E-state index contributed by atoms with van der Waals surface area (Å²) in [6, 6.07) is 21.6. The molecule has 4 rings (SSSR count).